The molecule has 0 saturated heterocycles. The van der Waals surface area contributed by atoms with Crippen LogP contribution in [0.1, 0.15) is 21.5 Å². The average molecular weight is 377 g/mol. The van der Waals surface area contributed by atoms with Gasteiger partial charge in [-0.2, -0.15) is 0 Å². The molecule has 0 fully saturated rings. The van der Waals surface area contributed by atoms with Gasteiger partial charge in [0.1, 0.15) is 18.1 Å². The number of carbonyl (C=O) groups excluding carboxylic acids is 1. The van der Waals surface area contributed by atoms with E-state index in [1.54, 1.807) is 66.7 Å². The first kappa shape index (κ1) is 19.0. The maximum absolute atomic E-state index is 12.5. The topological polar surface area (TPSA) is 98.8 Å². The molecule has 0 amide bonds. The second-order valence-electron chi connectivity index (χ2n) is 6.06. The number of ketones is 1. The summed E-state index contributed by atoms with van der Waals surface area (Å²) in [5, 5.41) is 8.60. The molecular weight excluding hydrogens is 358 g/mol. The molecule has 3 N–H and O–H groups in total. The Hall–Kier alpha value is -3.80. The summed E-state index contributed by atoms with van der Waals surface area (Å²) in [6.45, 7) is -0.0895. The van der Waals surface area contributed by atoms with Gasteiger partial charge in [0, 0.05) is 22.9 Å². The van der Waals surface area contributed by atoms with E-state index in [0.717, 1.165) is 5.56 Å². The quantitative estimate of drug-likeness (QED) is 0.460. The zero-order valence-electron chi connectivity index (χ0n) is 15.0. The highest BCUT2D eigenvalue weighted by Gasteiger charge is 2.12. The summed E-state index contributed by atoms with van der Waals surface area (Å²) in [7, 11) is 0. The number of hydrogen-bond acceptors (Lipinski definition) is 5. The Morgan fingerprint density at radius 2 is 1.54 bits per heavy atom. The molecule has 3 aromatic carbocycles. The Morgan fingerprint density at radius 3 is 2.18 bits per heavy atom. The number of hydrogen-bond donors (Lipinski definition) is 2. The van der Waals surface area contributed by atoms with Crippen molar-refractivity contribution in [2.45, 2.75) is 6.61 Å². The highest BCUT2D eigenvalue weighted by Crippen LogP contribution is 2.23. The minimum Gasteiger partial charge on any atom is -0.489 e. The minimum absolute atomic E-state index is 0.137. The van der Waals surface area contributed by atoms with Crippen LogP contribution in [0.2, 0.25) is 0 Å². The number of nitrogen functional groups attached to an aromatic ring is 1. The monoisotopic (exact) mass is 377 g/mol. The first-order valence-electron chi connectivity index (χ1n) is 8.58. The number of carboxylic acids is 1. The number of aliphatic carboxylic acids is 1. The van der Waals surface area contributed by atoms with Crippen molar-refractivity contribution in [2.75, 3.05) is 12.3 Å². The summed E-state index contributed by atoms with van der Waals surface area (Å²) in [4.78, 5) is 23.0. The number of ether oxygens (including phenoxy) is 2. The molecular formula is C22H19NO5. The van der Waals surface area contributed by atoms with Crippen molar-refractivity contribution in [3.05, 3.63) is 89.5 Å². The Bertz CT molecular complexity index is 968. The SMILES string of the molecule is Nc1cc(OCc2ccc(OCC(=O)O)cc2)ccc1C(=O)c1ccccc1. The third kappa shape index (κ3) is 4.88. The van der Waals surface area contributed by atoms with Gasteiger partial charge in [-0.05, 0) is 29.8 Å². The van der Waals surface area contributed by atoms with Gasteiger partial charge in [0.05, 0.1) is 0 Å². The molecule has 0 unspecified atom stereocenters. The lowest BCUT2D eigenvalue weighted by Gasteiger charge is -2.10. The fourth-order valence-electron chi connectivity index (χ4n) is 2.58. The first-order chi connectivity index (χ1) is 13.5. The van der Waals surface area contributed by atoms with E-state index in [2.05, 4.69) is 0 Å². The van der Waals surface area contributed by atoms with Crippen LogP contribution >= 0.6 is 0 Å². The Balaban J connectivity index is 1.62. The number of rotatable bonds is 8. The van der Waals surface area contributed by atoms with Crippen molar-refractivity contribution in [3.8, 4) is 11.5 Å². The summed E-state index contributed by atoms with van der Waals surface area (Å²) in [5.74, 6) is -0.145. The third-order valence-corrected chi connectivity index (χ3v) is 3.99. The van der Waals surface area contributed by atoms with Crippen molar-refractivity contribution in [1.29, 1.82) is 0 Å². The van der Waals surface area contributed by atoms with Gasteiger partial charge in [0.15, 0.2) is 12.4 Å². The van der Waals surface area contributed by atoms with E-state index in [1.165, 1.54) is 0 Å². The van der Waals surface area contributed by atoms with Gasteiger partial charge in [0.25, 0.3) is 0 Å². The molecule has 0 bridgehead atoms. The molecule has 0 atom stereocenters. The van der Waals surface area contributed by atoms with Crippen LogP contribution in [-0.2, 0) is 11.4 Å². The highest BCUT2D eigenvalue weighted by atomic mass is 16.5. The summed E-state index contributed by atoms with van der Waals surface area (Å²) in [6.07, 6.45) is 0. The summed E-state index contributed by atoms with van der Waals surface area (Å²) < 4.78 is 10.8. The predicted molar refractivity (Wildman–Crippen MR) is 105 cm³/mol. The summed E-state index contributed by atoms with van der Waals surface area (Å²) >= 11 is 0. The number of benzene rings is 3. The standard InChI is InChI=1S/C22H19NO5/c23-20-12-18(10-11-19(20)22(26)16-4-2-1-3-5-16)27-13-15-6-8-17(9-7-15)28-14-21(24)25/h1-12H,13-14,23H2,(H,24,25). The predicted octanol–water partition coefficient (Wildman–Crippen LogP) is 3.54. The van der Waals surface area contributed by atoms with Crippen molar-refractivity contribution < 1.29 is 24.2 Å². The van der Waals surface area contributed by atoms with Gasteiger partial charge < -0.3 is 20.3 Å². The molecule has 3 rings (SSSR count). The zero-order chi connectivity index (χ0) is 19.9. The minimum atomic E-state index is -1.03. The molecule has 6 heteroatoms. The van der Waals surface area contributed by atoms with E-state index in [9.17, 15) is 9.59 Å². The molecule has 3 aromatic rings. The van der Waals surface area contributed by atoms with Gasteiger partial charge >= 0.3 is 5.97 Å². The molecule has 0 spiro atoms. The molecule has 0 aliphatic rings. The molecule has 0 aromatic heterocycles. The van der Waals surface area contributed by atoms with Crippen LogP contribution in [0, 0.1) is 0 Å². The summed E-state index contributed by atoms with van der Waals surface area (Å²) in [5.41, 5.74) is 8.28. The molecule has 0 aliphatic heterocycles. The molecule has 0 saturated carbocycles. The normalized spacial score (nSPS) is 10.3. The van der Waals surface area contributed by atoms with Crippen LogP contribution < -0.4 is 15.2 Å². The summed E-state index contributed by atoms with van der Waals surface area (Å²) in [6, 6.07) is 20.9. The molecule has 0 heterocycles. The van der Waals surface area contributed by atoms with Gasteiger partial charge in [-0.1, -0.05) is 42.5 Å². The van der Waals surface area contributed by atoms with Gasteiger partial charge in [-0.15, -0.1) is 0 Å². The molecule has 0 radical (unpaired) electrons. The molecule has 6 nitrogen and oxygen atoms in total. The van der Waals surface area contributed by atoms with E-state index < -0.39 is 5.97 Å². The van der Waals surface area contributed by atoms with Gasteiger partial charge in [-0.25, -0.2) is 4.79 Å². The van der Waals surface area contributed by atoms with E-state index in [1.807, 2.05) is 6.07 Å². The molecule has 28 heavy (non-hydrogen) atoms. The number of anilines is 1. The van der Waals surface area contributed by atoms with Crippen molar-refractivity contribution in [2.24, 2.45) is 0 Å². The third-order valence-electron chi connectivity index (χ3n) is 3.99. The Labute approximate surface area is 162 Å². The van der Waals surface area contributed by atoms with Crippen molar-refractivity contribution >= 4 is 17.4 Å². The maximum atomic E-state index is 12.5. The van der Waals surface area contributed by atoms with E-state index in [4.69, 9.17) is 20.3 Å². The lowest BCUT2D eigenvalue weighted by Crippen LogP contribution is -2.09. The van der Waals surface area contributed by atoms with Gasteiger partial charge in [0.2, 0.25) is 0 Å². The van der Waals surface area contributed by atoms with Crippen molar-refractivity contribution in [3.63, 3.8) is 0 Å². The Morgan fingerprint density at radius 1 is 0.857 bits per heavy atom. The van der Waals surface area contributed by atoms with Crippen LogP contribution in [0.4, 0.5) is 5.69 Å². The lowest BCUT2D eigenvalue weighted by molar-refractivity contribution is -0.139. The second-order valence-corrected chi connectivity index (χ2v) is 6.06. The highest BCUT2D eigenvalue weighted by molar-refractivity contribution is 6.12. The van der Waals surface area contributed by atoms with Crippen molar-refractivity contribution in [1.82, 2.24) is 0 Å². The van der Waals surface area contributed by atoms with E-state index >= 15 is 0 Å². The molecule has 0 aliphatic carbocycles. The first-order valence-corrected chi connectivity index (χ1v) is 8.58. The maximum Gasteiger partial charge on any atom is 0.341 e. The number of carbonyl (C=O) groups is 2. The van der Waals surface area contributed by atoms with Crippen LogP contribution in [-0.4, -0.2) is 23.5 Å². The van der Waals surface area contributed by atoms with Crippen LogP contribution in [0.5, 0.6) is 11.5 Å². The second kappa shape index (κ2) is 8.73. The van der Waals surface area contributed by atoms with Crippen LogP contribution in [0.15, 0.2) is 72.8 Å². The van der Waals surface area contributed by atoms with Gasteiger partial charge in [-0.3, -0.25) is 4.79 Å². The number of nitrogens with two attached hydrogens (primary N) is 1. The smallest absolute Gasteiger partial charge is 0.341 e. The van der Waals surface area contributed by atoms with Crippen LogP contribution in [0.25, 0.3) is 0 Å². The zero-order valence-corrected chi connectivity index (χ0v) is 15.0. The molecule has 142 valence electrons. The average Bonchev–Trinajstić information content (AvgIpc) is 2.71. The largest absolute Gasteiger partial charge is 0.489 e. The number of carboxylic acid groups (broad SMARTS) is 1. The fraction of sp³-hybridized carbons (Fsp3) is 0.0909. The van der Waals surface area contributed by atoms with Crippen LogP contribution in [0.3, 0.4) is 0 Å². The van der Waals surface area contributed by atoms with E-state index in [0.29, 0.717) is 34.9 Å². The Kier molecular flexibility index (Phi) is 5.91. The lowest BCUT2D eigenvalue weighted by atomic mass is 10.0. The van der Waals surface area contributed by atoms with E-state index in [-0.39, 0.29) is 12.4 Å². The fourth-order valence-corrected chi connectivity index (χ4v) is 2.58.